The Kier molecular flexibility index (Phi) is 3.29. The minimum absolute atomic E-state index is 0.339. The van der Waals surface area contributed by atoms with E-state index in [1.54, 1.807) is 12.1 Å². The van der Waals surface area contributed by atoms with Gasteiger partial charge in [0.15, 0.2) is 0 Å². The number of aliphatic carboxylic acids is 1. The van der Waals surface area contributed by atoms with Crippen molar-refractivity contribution >= 4 is 5.97 Å². The van der Waals surface area contributed by atoms with Gasteiger partial charge < -0.3 is 9.84 Å². The number of hydrogen-bond donors (Lipinski definition) is 1. The summed E-state index contributed by atoms with van der Waals surface area (Å²) in [5, 5.41) is 8.55. The summed E-state index contributed by atoms with van der Waals surface area (Å²) in [6.45, 7) is 1.25. The molecule has 0 amide bonds. The van der Waals surface area contributed by atoms with Gasteiger partial charge >= 0.3 is 5.97 Å². The lowest BCUT2D eigenvalue weighted by Crippen LogP contribution is -2.19. The highest BCUT2D eigenvalue weighted by Gasteiger charge is 2.28. The minimum atomic E-state index is -1.85. The molecule has 0 bridgehead atoms. The number of carbonyl (C=O) groups is 1. The number of rotatable bonds is 4. The molecule has 0 radical (unpaired) electrons. The molecule has 1 aromatic rings. The highest BCUT2D eigenvalue weighted by molar-refractivity contribution is 5.68. The van der Waals surface area contributed by atoms with Gasteiger partial charge in [0, 0.05) is 0 Å². The van der Waals surface area contributed by atoms with E-state index < -0.39 is 18.1 Å². The summed E-state index contributed by atoms with van der Waals surface area (Å²) >= 11 is 0. The van der Waals surface area contributed by atoms with Gasteiger partial charge in [-0.05, 0) is 24.6 Å². The van der Waals surface area contributed by atoms with Crippen LogP contribution in [0.1, 0.15) is 18.9 Å². The molecule has 1 unspecified atom stereocenters. The zero-order chi connectivity index (χ0) is 11.5. The first-order chi connectivity index (χ1) is 6.95. The Morgan fingerprint density at radius 1 is 1.47 bits per heavy atom. The molecule has 0 aromatic heterocycles. The normalized spacial score (nSPS) is 14.3. The van der Waals surface area contributed by atoms with Gasteiger partial charge in [0.05, 0.1) is 13.5 Å². The van der Waals surface area contributed by atoms with Crippen molar-refractivity contribution in [1.82, 2.24) is 0 Å². The molecule has 3 nitrogen and oxygen atoms in total. The number of halogens is 1. The standard InChI is InChI=1S/C11H13FO3/c1-11(12,7-10(13)14)8-3-5-9(15-2)6-4-8/h3-6H,7H2,1-2H3,(H,13,14). The van der Waals surface area contributed by atoms with Crippen molar-refractivity contribution in [1.29, 1.82) is 0 Å². The highest BCUT2D eigenvalue weighted by atomic mass is 19.1. The third kappa shape index (κ3) is 2.94. The van der Waals surface area contributed by atoms with Gasteiger partial charge in [0.2, 0.25) is 0 Å². The summed E-state index contributed by atoms with van der Waals surface area (Å²) < 4.78 is 18.8. The second-order valence-corrected chi connectivity index (χ2v) is 3.50. The van der Waals surface area contributed by atoms with Crippen LogP contribution in [0.2, 0.25) is 0 Å². The van der Waals surface area contributed by atoms with Crippen LogP contribution in [0.3, 0.4) is 0 Å². The quantitative estimate of drug-likeness (QED) is 0.833. The molecule has 0 saturated heterocycles. The van der Waals surface area contributed by atoms with Crippen molar-refractivity contribution in [2.75, 3.05) is 7.11 Å². The smallest absolute Gasteiger partial charge is 0.306 e. The molecule has 15 heavy (non-hydrogen) atoms. The topological polar surface area (TPSA) is 46.5 Å². The average molecular weight is 212 g/mol. The van der Waals surface area contributed by atoms with Gasteiger partial charge in [-0.25, -0.2) is 4.39 Å². The van der Waals surface area contributed by atoms with E-state index in [4.69, 9.17) is 9.84 Å². The maximum absolute atomic E-state index is 13.9. The van der Waals surface area contributed by atoms with Crippen molar-refractivity contribution in [3.63, 3.8) is 0 Å². The van der Waals surface area contributed by atoms with Crippen LogP contribution < -0.4 is 4.74 Å². The molecule has 0 aliphatic heterocycles. The highest BCUT2D eigenvalue weighted by Crippen LogP contribution is 2.30. The molecule has 4 heteroatoms. The van der Waals surface area contributed by atoms with E-state index in [2.05, 4.69) is 0 Å². The van der Waals surface area contributed by atoms with E-state index in [1.807, 2.05) is 0 Å². The first kappa shape index (κ1) is 11.5. The van der Waals surface area contributed by atoms with E-state index in [-0.39, 0.29) is 0 Å². The third-order valence-corrected chi connectivity index (χ3v) is 2.18. The summed E-state index contributed by atoms with van der Waals surface area (Å²) in [5.41, 5.74) is -1.51. The van der Waals surface area contributed by atoms with Crippen molar-refractivity contribution in [3.05, 3.63) is 29.8 Å². The lowest BCUT2D eigenvalue weighted by atomic mass is 9.94. The summed E-state index contributed by atoms with van der Waals surface area (Å²) in [4.78, 5) is 10.4. The van der Waals surface area contributed by atoms with Gasteiger partial charge in [-0.15, -0.1) is 0 Å². The largest absolute Gasteiger partial charge is 0.497 e. The molecule has 0 aliphatic carbocycles. The predicted molar refractivity (Wildman–Crippen MR) is 53.7 cm³/mol. The van der Waals surface area contributed by atoms with Crippen LogP contribution in [0, 0.1) is 0 Å². The van der Waals surface area contributed by atoms with Crippen LogP contribution in [-0.4, -0.2) is 18.2 Å². The summed E-state index contributed by atoms with van der Waals surface area (Å²) in [6.07, 6.45) is -0.542. The Bertz CT molecular complexity index is 343. The van der Waals surface area contributed by atoms with Crippen LogP contribution in [0.15, 0.2) is 24.3 Å². The van der Waals surface area contributed by atoms with Crippen molar-refractivity contribution in [3.8, 4) is 5.75 Å². The summed E-state index contributed by atoms with van der Waals surface area (Å²) in [5.74, 6) is -0.541. The van der Waals surface area contributed by atoms with E-state index in [1.165, 1.54) is 26.2 Å². The molecule has 1 rings (SSSR count). The van der Waals surface area contributed by atoms with Crippen molar-refractivity contribution in [2.45, 2.75) is 19.0 Å². The number of ether oxygens (including phenoxy) is 1. The first-order valence-corrected chi connectivity index (χ1v) is 4.51. The van der Waals surface area contributed by atoms with E-state index in [9.17, 15) is 9.18 Å². The van der Waals surface area contributed by atoms with E-state index in [0.29, 0.717) is 11.3 Å². The Morgan fingerprint density at radius 2 is 2.00 bits per heavy atom. The second-order valence-electron chi connectivity index (χ2n) is 3.50. The number of alkyl halides is 1. The Morgan fingerprint density at radius 3 is 2.40 bits per heavy atom. The van der Waals surface area contributed by atoms with Gasteiger partial charge in [-0.3, -0.25) is 4.79 Å². The lowest BCUT2D eigenvalue weighted by molar-refractivity contribution is -0.140. The monoisotopic (exact) mass is 212 g/mol. The number of methoxy groups -OCH3 is 1. The SMILES string of the molecule is COc1ccc(C(C)(F)CC(=O)O)cc1. The fraction of sp³-hybridized carbons (Fsp3) is 0.364. The molecular formula is C11H13FO3. The predicted octanol–water partition coefficient (Wildman–Crippen LogP) is 2.35. The zero-order valence-corrected chi connectivity index (χ0v) is 8.66. The lowest BCUT2D eigenvalue weighted by Gasteiger charge is -2.18. The molecule has 0 spiro atoms. The molecule has 1 N–H and O–H groups in total. The van der Waals surface area contributed by atoms with Crippen LogP contribution >= 0.6 is 0 Å². The molecular weight excluding hydrogens is 199 g/mol. The van der Waals surface area contributed by atoms with Crippen LogP contribution in [0.25, 0.3) is 0 Å². The average Bonchev–Trinajstić information content (AvgIpc) is 2.16. The molecule has 0 aliphatic rings. The number of carboxylic acids is 1. The van der Waals surface area contributed by atoms with Crippen LogP contribution in [-0.2, 0) is 10.5 Å². The molecule has 82 valence electrons. The van der Waals surface area contributed by atoms with Crippen molar-refractivity contribution in [2.24, 2.45) is 0 Å². The number of hydrogen-bond acceptors (Lipinski definition) is 2. The summed E-state index contributed by atoms with van der Waals surface area (Å²) in [7, 11) is 1.51. The molecule has 0 heterocycles. The molecule has 1 atom stereocenters. The minimum Gasteiger partial charge on any atom is -0.497 e. The zero-order valence-electron chi connectivity index (χ0n) is 8.66. The van der Waals surface area contributed by atoms with Crippen LogP contribution in [0.5, 0.6) is 5.75 Å². The van der Waals surface area contributed by atoms with Gasteiger partial charge in [0.25, 0.3) is 0 Å². The fourth-order valence-corrected chi connectivity index (χ4v) is 1.32. The Labute approximate surface area is 87.5 Å². The number of benzene rings is 1. The fourth-order valence-electron chi connectivity index (χ4n) is 1.32. The second kappa shape index (κ2) is 4.29. The van der Waals surface area contributed by atoms with Crippen LogP contribution in [0.4, 0.5) is 4.39 Å². The van der Waals surface area contributed by atoms with Gasteiger partial charge in [0.1, 0.15) is 11.4 Å². The first-order valence-electron chi connectivity index (χ1n) is 4.51. The molecule has 0 saturated carbocycles. The molecule has 0 fully saturated rings. The van der Waals surface area contributed by atoms with Crippen molar-refractivity contribution < 1.29 is 19.0 Å². The van der Waals surface area contributed by atoms with E-state index in [0.717, 1.165) is 0 Å². The maximum atomic E-state index is 13.9. The van der Waals surface area contributed by atoms with Gasteiger partial charge in [-0.1, -0.05) is 12.1 Å². The Balaban J connectivity index is 2.89. The molecule has 1 aromatic carbocycles. The van der Waals surface area contributed by atoms with Gasteiger partial charge in [-0.2, -0.15) is 0 Å². The summed E-state index contributed by atoms with van der Waals surface area (Å²) in [6, 6.07) is 6.27. The Hall–Kier alpha value is -1.58. The number of carboxylic acid groups (broad SMARTS) is 1. The van der Waals surface area contributed by atoms with E-state index >= 15 is 0 Å². The third-order valence-electron chi connectivity index (χ3n) is 2.18. The maximum Gasteiger partial charge on any atom is 0.306 e.